The monoisotopic (exact) mass is 316 g/mol. The zero-order valence-corrected chi connectivity index (χ0v) is 13.0. The third-order valence-corrected chi connectivity index (χ3v) is 4.03. The minimum Gasteiger partial charge on any atom is -0.350 e. The molecule has 7 heteroatoms. The van der Waals surface area contributed by atoms with Gasteiger partial charge in [-0.25, -0.2) is 0 Å². The first kappa shape index (κ1) is 16.8. The van der Waals surface area contributed by atoms with Crippen LogP contribution in [0.5, 0.6) is 0 Å². The molecular weight excluding hydrogens is 300 g/mol. The maximum atomic E-state index is 12.1. The molecular formula is C13H17ClN2O3S. The molecule has 0 saturated heterocycles. The molecule has 0 aliphatic heterocycles. The molecule has 5 nitrogen and oxygen atoms in total. The number of hydrogen-bond acceptors (Lipinski definition) is 4. The normalized spacial score (nSPS) is 11.9. The zero-order chi connectivity index (χ0) is 15.1. The lowest BCUT2D eigenvalue weighted by molar-refractivity contribution is -0.384. The van der Waals surface area contributed by atoms with Crippen LogP contribution in [0.15, 0.2) is 18.2 Å². The summed E-state index contributed by atoms with van der Waals surface area (Å²) in [7, 11) is 0. The second-order valence-electron chi connectivity index (χ2n) is 4.26. The Balaban J connectivity index is 2.73. The van der Waals surface area contributed by atoms with E-state index < -0.39 is 4.92 Å². The van der Waals surface area contributed by atoms with E-state index in [1.807, 2.05) is 6.92 Å². The number of thioether (sulfide) groups is 1. The largest absolute Gasteiger partial charge is 0.350 e. The SMILES string of the molecule is CCSCCC(C)NC(=O)c1cccc([N+](=O)[O-])c1Cl. The molecule has 0 radical (unpaired) electrons. The van der Waals surface area contributed by atoms with Gasteiger partial charge in [-0.05, 0) is 30.9 Å². The van der Waals surface area contributed by atoms with Gasteiger partial charge in [-0.1, -0.05) is 24.6 Å². The highest BCUT2D eigenvalue weighted by atomic mass is 35.5. The molecule has 0 aromatic heterocycles. The summed E-state index contributed by atoms with van der Waals surface area (Å²) in [6.07, 6.45) is 0.844. The van der Waals surface area contributed by atoms with Crippen molar-refractivity contribution in [3.05, 3.63) is 38.9 Å². The van der Waals surface area contributed by atoms with Crippen LogP contribution in [0, 0.1) is 10.1 Å². The molecule has 0 heterocycles. The average molecular weight is 317 g/mol. The van der Waals surface area contributed by atoms with Crippen molar-refractivity contribution in [2.24, 2.45) is 0 Å². The number of nitrogens with zero attached hydrogens (tertiary/aromatic N) is 1. The van der Waals surface area contributed by atoms with Crippen molar-refractivity contribution in [3.8, 4) is 0 Å². The second kappa shape index (κ2) is 8.11. The maximum Gasteiger partial charge on any atom is 0.288 e. The molecule has 0 fully saturated rings. The lowest BCUT2D eigenvalue weighted by atomic mass is 10.1. The molecule has 1 unspecified atom stereocenters. The van der Waals surface area contributed by atoms with Crippen LogP contribution in [0.3, 0.4) is 0 Å². The zero-order valence-electron chi connectivity index (χ0n) is 11.4. The fraction of sp³-hybridized carbons (Fsp3) is 0.462. The second-order valence-corrected chi connectivity index (χ2v) is 6.03. The lowest BCUT2D eigenvalue weighted by Gasteiger charge is -2.14. The average Bonchev–Trinajstić information content (AvgIpc) is 2.38. The number of benzene rings is 1. The Kier molecular flexibility index (Phi) is 6.81. The van der Waals surface area contributed by atoms with Gasteiger partial charge in [-0.2, -0.15) is 11.8 Å². The van der Waals surface area contributed by atoms with E-state index in [-0.39, 0.29) is 28.2 Å². The van der Waals surface area contributed by atoms with Crippen molar-refractivity contribution < 1.29 is 9.72 Å². The minimum absolute atomic E-state index is 0.00289. The number of carbonyl (C=O) groups excluding carboxylic acids is 1. The van der Waals surface area contributed by atoms with E-state index in [9.17, 15) is 14.9 Å². The van der Waals surface area contributed by atoms with E-state index in [1.54, 1.807) is 11.8 Å². The van der Waals surface area contributed by atoms with Gasteiger partial charge in [0.25, 0.3) is 11.6 Å². The standard InChI is InChI=1S/C13H17ClN2O3S/c1-3-20-8-7-9(2)15-13(17)10-5-4-6-11(12(10)14)16(18)19/h4-6,9H,3,7-8H2,1-2H3,(H,15,17). The van der Waals surface area contributed by atoms with Crippen LogP contribution in [0.4, 0.5) is 5.69 Å². The van der Waals surface area contributed by atoms with Gasteiger partial charge in [0.15, 0.2) is 0 Å². The summed E-state index contributed by atoms with van der Waals surface area (Å²) in [5.74, 6) is 1.62. The van der Waals surface area contributed by atoms with Crippen LogP contribution in [0.2, 0.25) is 5.02 Å². The number of amides is 1. The first-order chi connectivity index (χ1) is 9.47. The van der Waals surface area contributed by atoms with E-state index in [2.05, 4.69) is 12.2 Å². The number of nitrogens with one attached hydrogen (secondary N) is 1. The summed E-state index contributed by atoms with van der Waals surface area (Å²) < 4.78 is 0. The minimum atomic E-state index is -0.597. The first-order valence-corrected chi connectivity index (χ1v) is 7.82. The quantitative estimate of drug-likeness (QED) is 0.474. The third-order valence-electron chi connectivity index (χ3n) is 2.70. The molecule has 1 rings (SSSR count). The predicted molar refractivity (Wildman–Crippen MR) is 82.7 cm³/mol. The third kappa shape index (κ3) is 4.68. The van der Waals surface area contributed by atoms with Crippen LogP contribution in [0.1, 0.15) is 30.6 Å². The molecule has 0 spiro atoms. The summed E-state index contributed by atoms with van der Waals surface area (Å²) in [5, 5.41) is 13.5. The van der Waals surface area contributed by atoms with Crippen molar-refractivity contribution >= 4 is 35.0 Å². The molecule has 1 atom stereocenters. The highest BCUT2D eigenvalue weighted by Gasteiger charge is 2.20. The molecule has 110 valence electrons. The van der Waals surface area contributed by atoms with Gasteiger partial charge in [0.05, 0.1) is 10.5 Å². The van der Waals surface area contributed by atoms with Crippen LogP contribution in [-0.4, -0.2) is 28.4 Å². The van der Waals surface area contributed by atoms with Crippen LogP contribution in [0.25, 0.3) is 0 Å². The Morgan fingerprint density at radius 3 is 2.85 bits per heavy atom. The van der Waals surface area contributed by atoms with Gasteiger partial charge < -0.3 is 5.32 Å². The summed E-state index contributed by atoms with van der Waals surface area (Å²) >= 11 is 7.70. The number of carbonyl (C=O) groups is 1. The van der Waals surface area contributed by atoms with Gasteiger partial charge >= 0.3 is 0 Å². The van der Waals surface area contributed by atoms with Crippen LogP contribution < -0.4 is 5.32 Å². The molecule has 1 aromatic carbocycles. The Labute approximate surface area is 127 Å². The highest BCUT2D eigenvalue weighted by molar-refractivity contribution is 7.99. The Morgan fingerprint density at radius 1 is 1.55 bits per heavy atom. The molecule has 1 aromatic rings. The number of nitro benzene ring substituents is 1. The van der Waals surface area contributed by atoms with Crippen molar-refractivity contribution in [1.82, 2.24) is 5.32 Å². The number of nitro groups is 1. The summed E-state index contributed by atoms with van der Waals surface area (Å²) in [6, 6.07) is 4.21. The van der Waals surface area contributed by atoms with Crippen LogP contribution in [-0.2, 0) is 0 Å². The fourth-order valence-electron chi connectivity index (χ4n) is 1.61. The van der Waals surface area contributed by atoms with Crippen molar-refractivity contribution in [3.63, 3.8) is 0 Å². The van der Waals surface area contributed by atoms with Gasteiger partial charge in [-0.15, -0.1) is 0 Å². The summed E-state index contributed by atoms with van der Waals surface area (Å²) in [5.41, 5.74) is -0.121. The van der Waals surface area contributed by atoms with Crippen molar-refractivity contribution in [2.45, 2.75) is 26.3 Å². The smallest absolute Gasteiger partial charge is 0.288 e. The number of hydrogen-bond donors (Lipinski definition) is 1. The molecule has 0 aliphatic rings. The predicted octanol–water partition coefficient (Wildman–Crippen LogP) is 3.51. The lowest BCUT2D eigenvalue weighted by Crippen LogP contribution is -2.33. The number of halogens is 1. The Hall–Kier alpha value is -1.27. The van der Waals surface area contributed by atoms with E-state index in [0.717, 1.165) is 17.9 Å². The molecule has 1 N–H and O–H groups in total. The van der Waals surface area contributed by atoms with Gasteiger partial charge in [0.1, 0.15) is 5.02 Å². The molecule has 0 aliphatic carbocycles. The van der Waals surface area contributed by atoms with E-state index >= 15 is 0 Å². The topological polar surface area (TPSA) is 72.2 Å². The van der Waals surface area contributed by atoms with Crippen molar-refractivity contribution in [2.75, 3.05) is 11.5 Å². The molecule has 0 bridgehead atoms. The van der Waals surface area contributed by atoms with Crippen LogP contribution >= 0.6 is 23.4 Å². The summed E-state index contributed by atoms with van der Waals surface area (Å²) in [6.45, 7) is 3.98. The molecule has 20 heavy (non-hydrogen) atoms. The van der Waals surface area contributed by atoms with E-state index in [4.69, 9.17) is 11.6 Å². The van der Waals surface area contributed by atoms with Crippen molar-refractivity contribution in [1.29, 1.82) is 0 Å². The summed E-state index contributed by atoms with van der Waals surface area (Å²) in [4.78, 5) is 22.2. The highest BCUT2D eigenvalue weighted by Crippen LogP contribution is 2.27. The number of rotatable bonds is 7. The molecule has 0 saturated carbocycles. The Morgan fingerprint density at radius 2 is 2.25 bits per heavy atom. The van der Waals surface area contributed by atoms with Gasteiger partial charge in [-0.3, -0.25) is 14.9 Å². The van der Waals surface area contributed by atoms with E-state index in [1.165, 1.54) is 18.2 Å². The Bertz CT molecular complexity index is 497. The van der Waals surface area contributed by atoms with Gasteiger partial charge in [0, 0.05) is 12.1 Å². The van der Waals surface area contributed by atoms with Gasteiger partial charge in [0.2, 0.25) is 0 Å². The van der Waals surface area contributed by atoms with E-state index in [0.29, 0.717) is 0 Å². The maximum absolute atomic E-state index is 12.1. The fourth-order valence-corrected chi connectivity index (χ4v) is 2.70. The molecule has 1 amide bonds. The first-order valence-electron chi connectivity index (χ1n) is 6.28.